The van der Waals surface area contributed by atoms with Crippen molar-refractivity contribution in [3.8, 4) is 11.3 Å². The Hall–Kier alpha value is -4.18. The highest BCUT2D eigenvalue weighted by Crippen LogP contribution is 2.27. The van der Waals surface area contributed by atoms with E-state index < -0.39 is 27.7 Å². The van der Waals surface area contributed by atoms with Gasteiger partial charge in [-0.25, -0.2) is 18.1 Å². The van der Waals surface area contributed by atoms with Crippen LogP contribution in [0.5, 0.6) is 0 Å². The van der Waals surface area contributed by atoms with Gasteiger partial charge < -0.3 is 4.42 Å². The maximum absolute atomic E-state index is 12.8. The summed E-state index contributed by atoms with van der Waals surface area (Å²) in [5.74, 6) is -1.04. The van der Waals surface area contributed by atoms with Gasteiger partial charge in [-0.15, -0.1) is 0 Å². The zero-order chi connectivity index (χ0) is 24.5. The number of benzene rings is 2. The molecule has 1 fully saturated rings. The summed E-state index contributed by atoms with van der Waals surface area (Å²) in [7, 11) is -3.94. The predicted octanol–water partition coefficient (Wildman–Crippen LogP) is 2.80. The van der Waals surface area contributed by atoms with Crippen LogP contribution in [0.25, 0.3) is 17.4 Å². The summed E-state index contributed by atoms with van der Waals surface area (Å²) in [6, 6.07) is 16.3. The molecule has 1 saturated heterocycles. The van der Waals surface area contributed by atoms with Gasteiger partial charge in [0, 0.05) is 12.5 Å². The molecular formula is C24H21N3O6S. The highest BCUT2D eigenvalue weighted by Gasteiger charge is 2.34. The van der Waals surface area contributed by atoms with Crippen molar-refractivity contribution >= 4 is 39.5 Å². The lowest BCUT2D eigenvalue weighted by Gasteiger charge is -2.14. The Kier molecular flexibility index (Phi) is 6.08. The number of nitrogens with zero attached hydrogens (tertiary/aromatic N) is 1. The molecule has 34 heavy (non-hydrogen) atoms. The van der Waals surface area contributed by atoms with Crippen LogP contribution in [-0.2, 0) is 30.8 Å². The van der Waals surface area contributed by atoms with Crippen molar-refractivity contribution in [3.63, 3.8) is 0 Å². The van der Waals surface area contributed by atoms with Crippen LogP contribution in [0, 0.1) is 0 Å². The van der Waals surface area contributed by atoms with Crippen LogP contribution in [-0.4, -0.2) is 26.1 Å². The Bertz CT molecular complexity index is 1400. The summed E-state index contributed by atoms with van der Waals surface area (Å²) in [5.41, 5.74) is 4.71. The largest absolute Gasteiger partial charge is 0.457 e. The summed E-state index contributed by atoms with van der Waals surface area (Å²) in [6.07, 6.45) is 2.22. The fourth-order valence-corrected chi connectivity index (χ4v) is 4.38. The molecule has 0 spiro atoms. The number of aryl methyl sites for hydroxylation is 1. The molecule has 1 aliphatic rings. The second kappa shape index (κ2) is 8.99. The maximum atomic E-state index is 12.8. The third kappa shape index (κ3) is 4.62. The van der Waals surface area contributed by atoms with Gasteiger partial charge in [-0.05, 0) is 66.6 Å². The molecule has 1 aliphatic heterocycles. The molecule has 2 heterocycles. The molecule has 0 saturated carbocycles. The van der Waals surface area contributed by atoms with Crippen molar-refractivity contribution in [1.82, 2.24) is 10.1 Å². The van der Waals surface area contributed by atoms with E-state index in [2.05, 4.69) is 5.43 Å². The lowest BCUT2D eigenvalue weighted by molar-refractivity contribution is -0.118. The number of anilines is 1. The average molecular weight is 480 g/mol. The Balaban J connectivity index is 1.54. The minimum atomic E-state index is -3.94. The van der Waals surface area contributed by atoms with E-state index in [1.54, 1.807) is 24.3 Å². The van der Waals surface area contributed by atoms with E-state index in [1.165, 1.54) is 35.4 Å². The van der Waals surface area contributed by atoms with Gasteiger partial charge in [-0.3, -0.25) is 19.8 Å². The standard InChI is InChI=1S/C24H21N3O6S/c1-3-16-4-8-18(9-5-16)27-24(30)21(23(29)25-27)14-19-10-13-22(33-19)17-6-11-20(12-7-17)34(31,32)26-15(2)28/h4-14H,3H2,1-2H3,(H,25,29)(H,26,28)/b21-14-. The first kappa shape index (κ1) is 23.0. The smallest absolute Gasteiger partial charge is 0.282 e. The van der Waals surface area contributed by atoms with Crippen molar-refractivity contribution in [2.45, 2.75) is 25.2 Å². The Morgan fingerprint density at radius 3 is 2.32 bits per heavy atom. The van der Waals surface area contributed by atoms with E-state index in [1.807, 2.05) is 23.8 Å². The SMILES string of the molecule is CCc1ccc(N2NC(=O)/C(=C/c3ccc(-c4ccc(S(=O)(=O)NC(C)=O)cc4)o3)C2=O)cc1. The molecule has 4 rings (SSSR count). The molecule has 0 aliphatic carbocycles. The molecular weight excluding hydrogens is 458 g/mol. The van der Waals surface area contributed by atoms with E-state index in [-0.39, 0.29) is 16.2 Å². The molecule has 9 nitrogen and oxygen atoms in total. The minimum absolute atomic E-state index is 0.0689. The normalized spacial score (nSPS) is 15.0. The van der Waals surface area contributed by atoms with Gasteiger partial charge in [0.1, 0.15) is 17.1 Å². The number of hydrogen-bond donors (Lipinski definition) is 2. The highest BCUT2D eigenvalue weighted by molar-refractivity contribution is 7.90. The van der Waals surface area contributed by atoms with E-state index >= 15 is 0 Å². The van der Waals surface area contributed by atoms with E-state index in [4.69, 9.17) is 4.42 Å². The number of nitrogens with one attached hydrogen (secondary N) is 2. The molecule has 3 aromatic rings. The van der Waals surface area contributed by atoms with E-state index in [0.29, 0.717) is 17.0 Å². The lowest BCUT2D eigenvalue weighted by Crippen LogP contribution is -2.35. The van der Waals surface area contributed by atoms with Gasteiger partial charge in [0.2, 0.25) is 5.91 Å². The number of rotatable bonds is 6. The number of hydrogen-bond acceptors (Lipinski definition) is 6. The van der Waals surface area contributed by atoms with Gasteiger partial charge in [0.15, 0.2) is 0 Å². The molecule has 2 N–H and O–H groups in total. The second-order valence-corrected chi connectivity index (χ2v) is 9.23. The molecule has 10 heteroatoms. The van der Waals surface area contributed by atoms with Crippen molar-refractivity contribution < 1.29 is 27.2 Å². The van der Waals surface area contributed by atoms with Crippen LogP contribution in [0.15, 0.2) is 75.5 Å². The first-order valence-electron chi connectivity index (χ1n) is 10.4. The van der Waals surface area contributed by atoms with Crippen molar-refractivity contribution in [3.05, 3.63) is 77.6 Å². The summed E-state index contributed by atoms with van der Waals surface area (Å²) in [4.78, 5) is 36.2. The molecule has 1 aromatic heterocycles. The number of carbonyl (C=O) groups is 3. The fraction of sp³-hybridized carbons (Fsp3) is 0.125. The fourth-order valence-electron chi connectivity index (χ4n) is 3.39. The van der Waals surface area contributed by atoms with Gasteiger partial charge in [-0.1, -0.05) is 19.1 Å². The van der Waals surface area contributed by atoms with Crippen LogP contribution < -0.4 is 15.2 Å². The Morgan fingerprint density at radius 1 is 1.03 bits per heavy atom. The lowest BCUT2D eigenvalue weighted by atomic mass is 10.1. The van der Waals surface area contributed by atoms with Crippen molar-refractivity contribution in [2.24, 2.45) is 0 Å². The number of sulfonamides is 1. The molecule has 0 bridgehead atoms. The van der Waals surface area contributed by atoms with Gasteiger partial charge in [0.05, 0.1) is 10.6 Å². The quantitative estimate of drug-likeness (QED) is 0.414. The molecule has 0 atom stereocenters. The van der Waals surface area contributed by atoms with Gasteiger partial charge in [-0.2, -0.15) is 0 Å². The average Bonchev–Trinajstić information content (AvgIpc) is 3.39. The van der Waals surface area contributed by atoms with Crippen LogP contribution in [0.3, 0.4) is 0 Å². The third-order valence-corrected chi connectivity index (χ3v) is 6.58. The monoisotopic (exact) mass is 479 g/mol. The van der Waals surface area contributed by atoms with Gasteiger partial charge >= 0.3 is 0 Å². The number of carbonyl (C=O) groups excluding carboxylic acids is 3. The minimum Gasteiger partial charge on any atom is -0.457 e. The number of hydrazine groups is 1. The summed E-state index contributed by atoms with van der Waals surface area (Å²) in [6.45, 7) is 3.14. The van der Waals surface area contributed by atoms with Crippen LogP contribution in [0.2, 0.25) is 0 Å². The zero-order valence-corrected chi connectivity index (χ0v) is 19.2. The zero-order valence-electron chi connectivity index (χ0n) is 18.4. The molecule has 2 aromatic carbocycles. The van der Waals surface area contributed by atoms with E-state index in [9.17, 15) is 22.8 Å². The van der Waals surface area contributed by atoms with Crippen molar-refractivity contribution in [2.75, 3.05) is 5.01 Å². The highest BCUT2D eigenvalue weighted by atomic mass is 32.2. The summed E-state index contributed by atoms with van der Waals surface area (Å²) < 4.78 is 31.8. The number of furan rings is 1. The summed E-state index contributed by atoms with van der Waals surface area (Å²) in [5, 5.41) is 1.19. The van der Waals surface area contributed by atoms with Crippen LogP contribution in [0.1, 0.15) is 25.2 Å². The first-order valence-corrected chi connectivity index (χ1v) is 11.9. The Labute approximate surface area is 196 Å². The molecule has 0 unspecified atom stereocenters. The topological polar surface area (TPSA) is 126 Å². The number of amides is 3. The first-order chi connectivity index (χ1) is 16.2. The predicted molar refractivity (Wildman–Crippen MR) is 125 cm³/mol. The molecule has 174 valence electrons. The van der Waals surface area contributed by atoms with Crippen LogP contribution >= 0.6 is 0 Å². The Morgan fingerprint density at radius 2 is 1.71 bits per heavy atom. The van der Waals surface area contributed by atoms with Crippen LogP contribution in [0.4, 0.5) is 5.69 Å². The molecule has 3 amide bonds. The van der Waals surface area contributed by atoms with Crippen molar-refractivity contribution in [1.29, 1.82) is 0 Å². The third-order valence-electron chi connectivity index (χ3n) is 5.13. The second-order valence-electron chi connectivity index (χ2n) is 7.55. The van der Waals surface area contributed by atoms with Gasteiger partial charge in [0.25, 0.3) is 21.8 Å². The maximum Gasteiger partial charge on any atom is 0.282 e. The summed E-state index contributed by atoms with van der Waals surface area (Å²) >= 11 is 0. The molecule has 0 radical (unpaired) electrons. The van der Waals surface area contributed by atoms with E-state index in [0.717, 1.165) is 18.9 Å².